The number of piperidine rings is 1. The highest BCUT2D eigenvalue weighted by molar-refractivity contribution is 9.10. The summed E-state index contributed by atoms with van der Waals surface area (Å²) in [6.07, 6.45) is 1.86. The zero-order valence-electron chi connectivity index (χ0n) is 14.6. The van der Waals surface area contributed by atoms with Crippen LogP contribution in [0.1, 0.15) is 18.7 Å². The van der Waals surface area contributed by atoms with Gasteiger partial charge in [-0.05, 0) is 49.0 Å². The van der Waals surface area contributed by atoms with E-state index in [2.05, 4.69) is 36.3 Å². The lowest BCUT2D eigenvalue weighted by Gasteiger charge is -2.30. The van der Waals surface area contributed by atoms with Crippen LogP contribution in [0.15, 0.2) is 50.8 Å². The minimum Gasteiger partial charge on any atom is -0.338 e. The maximum absolute atomic E-state index is 12.6. The third-order valence-electron chi connectivity index (χ3n) is 4.54. The summed E-state index contributed by atoms with van der Waals surface area (Å²) in [4.78, 5) is 20.3. The van der Waals surface area contributed by atoms with E-state index in [-0.39, 0.29) is 11.8 Å². The first-order chi connectivity index (χ1) is 13.2. The van der Waals surface area contributed by atoms with Crippen molar-refractivity contribution in [2.45, 2.75) is 19.4 Å². The molecule has 1 aliphatic heterocycles. The fourth-order valence-electron chi connectivity index (χ4n) is 3.24. The molecule has 0 spiro atoms. The first-order valence-corrected chi connectivity index (χ1v) is 10.5. The molecule has 1 amide bonds. The number of thiophene rings is 1. The van der Waals surface area contributed by atoms with Crippen molar-refractivity contribution in [2.24, 2.45) is 5.92 Å². The highest BCUT2D eigenvalue weighted by Crippen LogP contribution is 2.24. The van der Waals surface area contributed by atoms with Gasteiger partial charge in [0.25, 0.3) is 0 Å². The standard InChI is InChI=1S/C19H19BrN4O2S/c20-14-5-1-6-15(10-14)21-19(25)13-4-2-8-24(11-13)12-17-22-18(23-26-17)16-7-3-9-27-16/h1,3,5-7,9-10,13H,2,4,8,11-12H2,(H,21,25). The third-order valence-corrected chi connectivity index (χ3v) is 5.90. The fraction of sp³-hybridized carbons (Fsp3) is 0.316. The van der Waals surface area contributed by atoms with Crippen LogP contribution < -0.4 is 5.32 Å². The first-order valence-electron chi connectivity index (χ1n) is 8.82. The Morgan fingerprint density at radius 3 is 3.11 bits per heavy atom. The van der Waals surface area contributed by atoms with Crippen LogP contribution in [-0.2, 0) is 11.3 Å². The van der Waals surface area contributed by atoms with Crippen LogP contribution >= 0.6 is 27.3 Å². The van der Waals surface area contributed by atoms with Crippen LogP contribution in [0.25, 0.3) is 10.7 Å². The number of anilines is 1. The molecule has 1 N–H and O–H groups in total. The van der Waals surface area contributed by atoms with Gasteiger partial charge in [0.2, 0.25) is 17.6 Å². The second kappa shape index (κ2) is 8.33. The quantitative estimate of drug-likeness (QED) is 0.628. The number of amides is 1. The predicted molar refractivity (Wildman–Crippen MR) is 108 cm³/mol. The molecule has 1 aromatic carbocycles. The van der Waals surface area contributed by atoms with E-state index in [4.69, 9.17) is 4.52 Å². The van der Waals surface area contributed by atoms with Crippen molar-refractivity contribution in [2.75, 3.05) is 18.4 Å². The summed E-state index contributed by atoms with van der Waals surface area (Å²) in [6.45, 7) is 2.19. The average Bonchev–Trinajstić information content (AvgIpc) is 3.33. The van der Waals surface area contributed by atoms with E-state index in [1.165, 1.54) is 0 Å². The van der Waals surface area contributed by atoms with Crippen LogP contribution in [0.4, 0.5) is 5.69 Å². The highest BCUT2D eigenvalue weighted by Gasteiger charge is 2.27. The minimum atomic E-state index is -0.0441. The van der Waals surface area contributed by atoms with Crippen LogP contribution in [0, 0.1) is 5.92 Å². The van der Waals surface area contributed by atoms with E-state index in [1.807, 2.05) is 41.8 Å². The van der Waals surface area contributed by atoms with Crippen molar-refractivity contribution in [1.82, 2.24) is 15.0 Å². The molecule has 0 saturated carbocycles. The lowest BCUT2D eigenvalue weighted by atomic mass is 9.97. The average molecular weight is 447 g/mol. The number of aromatic nitrogens is 2. The molecular weight excluding hydrogens is 428 g/mol. The summed E-state index contributed by atoms with van der Waals surface area (Å²) in [6, 6.07) is 11.6. The Labute approximate surface area is 169 Å². The smallest absolute Gasteiger partial charge is 0.241 e. The second-order valence-electron chi connectivity index (χ2n) is 6.56. The number of hydrogen-bond donors (Lipinski definition) is 1. The number of likely N-dealkylation sites (tertiary alicyclic amines) is 1. The Morgan fingerprint density at radius 1 is 1.37 bits per heavy atom. The van der Waals surface area contributed by atoms with Crippen LogP contribution in [-0.4, -0.2) is 34.0 Å². The van der Waals surface area contributed by atoms with Crippen molar-refractivity contribution in [3.8, 4) is 10.7 Å². The van der Waals surface area contributed by atoms with Gasteiger partial charge in [-0.25, -0.2) is 0 Å². The van der Waals surface area contributed by atoms with Crippen molar-refractivity contribution in [1.29, 1.82) is 0 Å². The van der Waals surface area contributed by atoms with Gasteiger partial charge in [-0.15, -0.1) is 11.3 Å². The highest BCUT2D eigenvalue weighted by atomic mass is 79.9. The van der Waals surface area contributed by atoms with E-state index in [1.54, 1.807) is 11.3 Å². The molecule has 3 heterocycles. The van der Waals surface area contributed by atoms with Crippen molar-refractivity contribution in [3.05, 3.63) is 52.1 Å². The van der Waals surface area contributed by atoms with E-state index in [0.717, 1.165) is 34.4 Å². The Hall–Kier alpha value is -2.03. The molecule has 6 nitrogen and oxygen atoms in total. The zero-order chi connectivity index (χ0) is 18.6. The summed E-state index contributed by atoms with van der Waals surface area (Å²) in [7, 11) is 0. The van der Waals surface area contributed by atoms with E-state index in [9.17, 15) is 4.79 Å². The zero-order valence-corrected chi connectivity index (χ0v) is 17.0. The summed E-state index contributed by atoms with van der Waals surface area (Å²) in [5, 5.41) is 9.06. The van der Waals surface area contributed by atoms with Gasteiger partial charge in [0.1, 0.15) is 0 Å². The number of halogens is 1. The van der Waals surface area contributed by atoms with Gasteiger partial charge in [0, 0.05) is 16.7 Å². The molecule has 27 heavy (non-hydrogen) atoms. The van der Waals surface area contributed by atoms with Gasteiger partial charge in [-0.3, -0.25) is 9.69 Å². The number of benzene rings is 1. The monoisotopic (exact) mass is 446 g/mol. The molecule has 3 aromatic rings. The van der Waals surface area contributed by atoms with E-state index in [0.29, 0.717) is 24.8 Å². The molecule has 1 aliphatic rings. The number of rotatable bonds is 5. The summed E-state index contributed by atoms with van der Waals surface area (Å²) < 4.78 is 6.34. The Balaban J connectivity index is 1.36. The van der Waals surface area contributed by atoms with Crippen LogP contribution in [0.2, 0.25) is 0 Å². The summed E-state index contributed by atoms with van der Waals surface area (Å²) in [5.41, 5.74) is 0.809. The SMILES string of the molecule is O=C(Nc1cccc(Br)c1)C1CCCN(Cc2nc(-c3cccs3)no2)C1. The Kier molecular flexibility index (Phi) is 5.66. The lowest BCUT2D eigenvalue weighted by Crippen LogP contribution is -2.40. The van der Waals surface area contributed by atoms with Crippen molar-refractivity contribution >= 4 is 38.9 Å². The van der Waals surface area contributed by atoms with Gasteiger partial charge in [0.05, 0.1) is 17.3 Å². The topological polar surface area (TPSA) is 71.3 Å². The predicted octanol–water partition coefficient (Wildman–Crippen LogP) is 4.41. The van der Waals surface area contributed by atoms with Crippen molar-refractivity contribution < 1.29 is 9.32 Å². The summed E-state index contributed by atoms with van der Waals surface area (Å²) >= 11 is 5.02. The number of carbonyl (C=O) groups excluding carboxylic acids is 1. The molecule has 0 aliphatic carbocycles. The van der Waals surface area contributed by atoms with Gasteiger partial charge in [0.15, 0.2) is 0 Å². The minimum absolute atomic E-state index is 0.0441. The van der Waals surface area contributed by atoms with Gasteiger partial charge < -0.3 is 9.84 Å². The Bertz CT molecular complexity index is 912. The first kappa shape index (κ1) is 18.3. The van der Waals surface area contributed by atoms with Crippen LogP contribution in [0.5, 0.6) is 0 Å². The molecule has 1 fully saturated rings. The largest absolute Gasteiger partial charge is 0.338 e. The maximum atomic E-state index is 12.6. The third kappa shape index (κ3) is 4.63. The number of nitrogens with zero attached hydrogens (tertiary/aromatic N) is 3. The molecule has 2 aromatic heterocycles. The number of carbonyl (C=O) groups is 1. The van der Waals surface area contributed by atoms with E-state index >= 15 is 0 Å². The van der Waals surface area contributed by atoms with Crippen molar-refractivity contribution in [3.63, 3.8) is 0 Å². The molecule has 140 valence electrons. The normalized spacial score (nSPS) is 17.7. The van der Waals surface area contributed by atoms with Gasteiger partial charge in [-0.1, -0.05) is 33.2 Å². The lowest BCUT2D eigenvalue weighted by molar-refractivity contribution is -0.121. The molecule has 1 atom stereocenters. The second-order valence-corrected chi connectivity index (χ2v) is 8.43. The molecular formula is C19H19BrN4O2S. The molecule has 0 bridgehead atoms. The maximum Gasteiger partial charge on any atom is 0.241 e. The molecule has 8 heteroatoms. The molecule has 0 radical (unpaired) electrons. The number of nitrogens with one attached hydrogen (secondary N) is 1. The Morgan fingerprint density at radius 2 is 2.30 bits per heavy atom. The summed E-state index contributed by atoms with van der Waals surface area (Å²) in [5.74, 6) is 1.23. The molecule has 4 rings (SSSR count). The molecule has 1 saturated heterocycles. The van der Waals surface area contributed by atoms with Crippen LogP contribution in [0.3, 0.4) is 0 Å². The van der Waals surface area contributed by atoms with Gasteiger partial charge in [-0.2, -0.15) is 4.98 Å². The fourth-order valence-corrected chi connectivity index (χ4v) is 4.29. The number of hydrogen-bond acceptors (Lipinski definition) is 6. The van der Waals surface area contributed by atoms with Gasteiger partial charge >= 0.3 is 0 Å². The van der Waals surface area contributed by atoms with E-state index < -0.39 is 0 Å². The molecule has 1 unspecified atom stereocenters.